The molecular weight excluding hydrogens is 266 g/mol. The monoisotopic (exact) mass is 281 g/mol. The van der Waals surface area contributed by atoms with E-state index in [1.807, 2.05) is 0 Å². The molecule has 104 valence electrons. The van der Waals surface area contributed by atoms with Crippen LogP contribution in [0.25, 0.3) is 43.4 Å². The smallest absolute Gasteiger partial charge is 0.0495 e. The van der Waals surface area contributed by atoms with Gasteiger partial charge in [0.1, 0.15) is 0 Å². The largest absolute Gasteiger partial charge is 0.344 e. The van der Waals surface area contributed by atoms with Crippen molar-refractivity contribution in [2.45, 2.75) is 0 Å². The van der Waals surface area contributed by atoms with Gasteiger partial charge in [0.15, 0.2) is 0 Å². The van der Waals surface area contributed by atoms with Crippen molar-refractivity contribution in [1.29, 1.82) is 0 Å². The molecule has 0 amide bonds. The molecule has 0 aliphatic rings. The van der Waals surface area contributed by atoms with Crippen molar-refractivity contribution in [1.82, 2.24) is 4.57 Å². The van der Waals surface area contributed by atoms with Crippen molar-refractivity contribution in [3.8, 4) is 0 Å². The number of aryl methyl sites for hydroxylation is 1. The fraction of sp³-hybridized carbons (Fsp3) is 0.0476. The summed E-state index contributed by atoms with van der Waals surface area (Å²) in [6.07, 6.45) is 0. The van der Waals surface area contributed by atoms with Crippen LogP contribution < -0.4 is 0 Å². The van der Waals surface area contributed by atoms with Crippen molar-refractivity contribution >= 4 is 43.4 Å². The number of hydrogen-bond acceptors (Lipinski definition) is 0. The quantitative estimate of drug-likeness (QED) is 0.324. The van der Waals surface area contributed by atoms with Gasteiger partial charge >= 0.3 is 0 Å². The number of rotatable bonds is 0. The van der Waals surface area contributed by atoms with E-state index in [4.69, 9.17) is 0 Å². The van der Waals surface area contributed by atoms with Gasteiger partial charge in [0.2, 0.25) is 0 Å². The molecule has 0 radical (unpaired) electrons. The Morgan fingerprint density at radius 3 is 2.18 bits per heavy atom. The summed E-state index contributed by atoms with van der Waals surface area (Å²) in [5.41, 5.74) is 2.58. The summed E-state index contributed by atoms with van der Waals surface area (Å²) < 4.78 is 2.29. The summed E-state index contributed by atoms with van der Waals surface area (Å²) >= 11 is 0. The van der Waals surface area contributed by atoms with Gasteiger partial charge in [0.05, 0.1) is 0 Å². The second-order valence-electron chi connectivity index (χ2n) is 5.95. The highest BCUT2D eigenvalue weighted by atomic mass is 14.9. The molecule has 22 heavy (non-hydrogen) atoms. The van der Waals surface area contributed by atoms with E-state index in [9.17, 15) is 0 Å². The zero-order valence-electron chi connectivity index (χ0n) is 12.4. The van der Waals surface area contributed by atoms with Gasteiger partial charge in [-0.3, -0.25) is 0 Å². The van der Waals surface area contributed by atoms with Gasteiger partial charge in [-0.15, -0.1) is 0 Å². The van der Waals surface area contributed by atoms with Crippen molar-refractivity contribution < 1.29 is 0 Å². The van der Waals surface area contributed by atoms with Crippen LogP contribution in [0.4, 0.5) is 0 Å². The molecule has 0 fully saturated rings. The Kier molecular flexibility index (Phi) is 2.21. The first-order valence-corrected chi connectivity index (χ1v) is 7.61. The third-order valence-corrected chi connectivity index (χ3v) is 4.78. The minimum absolute atomic E-state index is 1.29. The first-order chi connectivity index (χ1) is 10.8. The minimum atomic E-state index is 1.29. The van der Waals surface area contributed by atoms with E-state index in [1.165, 1.54) is 43.4 Å². The van der Waals surface area contributed by atoms with E-state index in [0.29, 0.717) is 0 Å². The van der Waals surface area contributed by atoms with Crippen LogP contribution in [0, 0.1) is 0 Å². The topological polar surface area (TPSA) is 4.93 Å². The summed E-state index contributed by atoms with van der Waals surface area (Å²) in [5, 5.41) is 7.93. The molecule has 0 saturated carbocycles. The number of aromatic nitrogens is 1. The average molecular weight is 281 g/mol. The lowest BCUT2D eigenvalue weighted by molar-refractivity contribution is 1.02. The van der Waals surface area contributed by atoms with E-state index in [1.54, 1.807) is 0 Å². The summed E-state index contributed by atoms with van der Waals surface area (Å²) in [6, 6.07) is 26.4. The molecule has 0 unspecified atom stereocenters. The van der Waals surface area contributed by atoms with Crippen molar-refractivity contribution in [2.75, 3.05) is 0 Å². The minimum Gasteiger partial charge on any atom is -0.344 e. The van der Waals surface area contributed by atoms with E-state index in [-0.39, 0.29) is 0 Å². The van der Waals surface area contributed by atoms with Crippen LogP contribution in [-0.2, 0) is 7.05 Å². The molecule has 0 spiro atoms. The zero-order chi connectivity index (χ0) is 14.7. The van der Waals surface area contributed by atoms with Crippen molar-refractivity contribution in [3.05, 3.63) is 72.8 Å². The van der Waals surface area contributed by atoms with Crippen molar-refractivity contribution in [3.63, 3.8) is 0 Å². The van der Waals surface area contributed by atoms with Crippen molar-refractivity contribution in [2.24, 2.45) is 7.05 Å². The number of fused-ring (bicyclic) bond motifs is 6. The van der Waals surface area contributed by atoms with Crippen LogP contribution in [0.15, 0.2) is 72.8 Å². The third kappa shape index (κ3) is 1.43. The maximum Gasteiger partial charge on any atom is 0.0495 e. The summed E-state index contributed by atoms with van der Waals surface area (Å²) in [5.74, 6) is 0. The van der Waals surface area contributed by atoms with Gasteiger partial charge in [-0.05, 0) is 39.7 Å². The molecule has 5 aromatic rings. The molecule has 4 aromatic carbocycles. The molecule has 1 aromatic heterocycles. The Labute approximate surface area is 128 Å². The van der Waals surface area contributed by atoms with E-state index >= 15 is 0 Å². The molecule has 1 heterocycles. The van der Waals surface area contributed by atoms with Gasteiger partial charge in [0, 0.05) is 28.9 Å². The third-order valence-electron chi connectivity index (χ3n) is 4.78. The Hall–Kier alpha value is -2.80. The summed E-state index contributed by atoms with van der Waals surface area (Å²) in [4.78, 5) is 0. The van der Waals surface area contributed by atoms with Gasteiger partial charge in [-0.25, -0.2) is 0 Å². The number of benzene rings is 4. The molecule has 0 aliphatic carbocycles. The summed E-state index contributed by atoms with van der Waals surface area (Å²) in [6.45, 7) is 0. The highest BCUT2D eigenvalue weighted by molar-refractivity contribution is 6.17. The van der Waals surface area contributed by atoms with Gasteiger partial charge in [-0.1, -0.05) is 54.6 Å². The lowest BCUT2D eigenvalue weighted by Crippen LogP contribution is -1.86. The molecule has 0 N–H and O–H groups in total. The SMILES string of the molecule is Cn1c2ccccc2c2cc3c(ccc4ccccc43)cc21. The normalized spacial score (nSPS) is 11.9. The summed E-state index contributed by atoms with van der Waals surface area (Å²) in [7, 11) is 2.15. The maximum atomic E-state index is 2.36. The van der Waals surface area contributed by atoms with Gasteiger partial charge < -0.3 is 4.57 Å². The van der Waals surface area contributed by atoms with Crippen LogP contribution in [0.5, 0.6) is 0 Å². The molecule has 0 aliphatic heterocycles. The molecule has 5 rings (SSSR count). The first-order valence-electron chi connectivity index (χ1n) is 7.61. The standard InChI is InChI=1S/C21H15N/c1-22-20-9-5-4-8-17(20)19-13-18-15(12-21(19)22)11-10-14-6-2-3-7-16(14)18/h2-13H,1H3. The number of para-hydroxylation sites is 1. The lowest BCUT2D eigenvalue weighted by atomic mass is 10.00. The van der Waals surface area contributed by atoms with Crippen LogP contribution in [-0.4, -0.2) is 4.57 Å². The second kappa shape index (κ2) is 4.11. The highest BCUT2D eigenvalue weighted by Gasteiger charge is 2.10. The van der Waals surface area contributed by atoms with Crippen LogP contribution >= 0.6 is 0 Å². The molecule has 1 nitrogen and oxygen atoms in total. The molecule has 0 bridgehead atoms. The Bertz CT molecular complexity index is 1180. The Morgan fingerprint density at radius 2 is 1.27 bits per heavy atom. The predicted molar refractivity (Wildman–Crippen MR) is 95.4 cm³/mol. The first kappa shape index (κ1) is 11.8. The van der Waals surface area contributed by atoms with Gasteiger partial charge in [0.25, 0.3) is 0 Å². The molecule has 1 heteroatoms. The fourth-order valence-corrected chi connectivity index (χ4v) is 3.66. The van der Waals surface area contributed by atoms with E-state index in [2.05, 4.69) is 84.4 Å². The Morgan fingerprint density at radius 1 is 0.545 bits per heavy atom. The molecule has 0 saturated heterocycles. The van der Waals surface area contributed by atoms with Gasteiger partial charge in [-0.2, -0.15) is 0 Å². The van der Waals surface area contributed by atoms with E-state index in [0.717, 1.165) is 0 Å². The molecular formula is C21H15N. The van der Waals surface area contributed by atoms with Crippen LogP contribution in [0.3, 0.4) is 0 Å². The van der Waals surface area contributed by atoms with Crippen LogP contribution in [0.2, 0.25) is 0 Å². The fourth-order valence-electron chi connectivity index (χ4n) is 3.66. The average Bonchev–Trinajstić information content (AvgIpc) is 2.86. The lowest BCUT2D eigenvalue weighted by Gasteiger charge is -2.05. The molecule has 0 atom stereocenters. The second-order valence-corrected chi connectivity index (χ2v) is 5.95. The number of hydrogen-bond donors (Lipinski definition) is 0. The maximum absolute atomic E-state index is 2.36. The Balaban J connectivity index is 2.08. The van der Waals surface area contributed by atoms with E-state index < -0.39 is 0 Å². The number of nitrogens with zero attached hydrogens (tertiary/aromatic N) is 1. The van der Waals surface area contributed by atoms with Crippen LogP contribution in [0.1, 0.15) is 0 Å². The zero-order valence-corrected chi connectivity index (χ0v) is 12.4. The predicted octanol–water partition coefficient (Wildman–Crippen LogP) is 5.64. The highest BCUT2D eigenvalue weighted by Crippen LogP contribution is 2.34.